The Hall–Kier alpha value is -2.02. The zero-order valence-corrected chi connectivity index (χ0v) is 7.78. The van der Waals surface area contributed by atoms with E-state index in [1.807, 2.05) is 0 Å². The van der Waals surface area contributed by atoms with Gasteiger partial charge in [-0.3, -0.25) is 4.79 Å². The number of aromatic nitrogens is 1. The first-order valence-corrected chi connectivity index (χ1v) is 4.00. The Morgan fingerprint density at radius 2 is 2.50 bits per heavy atom. The van der Waals surface area contributed by atoms with Gasteiger partial charge in [-0.25, -0.2) is 4.98 Å². The molecule has 0 radical (unpaired) electrons. The fourth-order valence-corrected chi connectivity index (χ4v) is 0.875. The second kappa shape index (κ2) is 4.87. The topological polar surface area (TPSA) is 65.2 Å². The number of hydrogen-bond donors (Lipinski definition) is 1. The first kappa shape index (κ1) is 10.1. The van der Waals surface area contributed by atoms with E-state index in [1.54, 1.807) is 18.3 Å². The number of methoxy groups -OCH3 is 1. The van der Waals surface area contributed by atoms with E-state index >= 15 is 0 Å². The molecule has 1 aromatic heterocycles. The number of carbonyl (C=O) groups is 1. The van der Waals surface area contributed by atoms with Gasteiger partial charge in [-0.2, -0.15) is 0 Å². The monoisotopic (exact) mass is 190 g/mol. The van der Waals surface area contributed by atoms with Crippen LogP contribution in [0, 0.1) is 11.8 Å². The van der Waals surface area contributed by atoms with Crippen molar-refractivity contribution in [2.24, 2.45) is 5.73 Å². The molecule has 4 nitrogen and oxygen atoms in total. The van der Waals surface area contributed by atoms with Gasteiger partial charge in [0, 0.05) is 6.20 Å². The molecule has 1 aromatic rings. The zero-order chi connectivity index (χ0) is 10.4. The van der Waals surface area contributed by atoms with E-state index in [0.717, 1.165) is 0 Å². The van der Waals surface area contributed by atoms with Crippen molar-refractivity contribution in [1.82, 2.24) is 4.98 Å². The third-order valence-electron chi connectivity index (χ3n) is 1.45. The lowest BCUT2D eigenvalue weighted by Gasteiger charge is -1.99. The average molecular weight is 190 g/mol. The summed E-state index contributed by atoms with van der Waals surface area (Å²) in [5.41, 5.74) is 5.59. The highest BCUT2D eigenvalue weighted by atomic mass is 16.5. The molecule has 0 aliphatic carbocycles. The number of amides is 1. The summed E-state index contributed by atoms with van der Waals surface area (Å²) >= 11 is 0. The molecule has 1 rings (SSSR count). The quantitative estimate of drug-likeness (QED) is 0.683. The molecule has 72 valence electrons. The number of ether oxygens (including phenoxy) is 1. The highest BCUT2D eigenvalue weighted by molar-refractivity contribution is 5.76. The second-order valence-electron chi connectivity index (χ2n) is 2.51. The van der Waals surface area contributed by atoms with Gasteiger partial charge < -0.3 is 10.5 Å². The fraction of sp³-hybridized carbons (Fsp3) is 0.200. The molecule has 0 atom stereocenters. The van der Waals surface area contributed by atoms with Crippen molar-refractivity contribution < 1.29 is 9.53 Å². The largest absolute Gasteiger partial charge is 0.480 e. The number of pyridine rings is 1. The van der Waals surface area contributed by atoms with Crippen LogP contribution in [-0.4, -0.2) is 18.0 Å². The Balaban J connectivity index is 2.83. The van der Waals surface area contributed by atoms with Crippen LogP contribution in [0.15, 0.2) is 18.3 Å². The predicted octanol–water partition coefficient (Wildman–Crippen LogP) is 0.317. The molecule has 0 saturated heterocycles. The van der Waals surface area contributed by atoms with E-state index in [-0.39, 0.29) is 6.42 Å². The van der Waals surface area contributed by atoms with Gasteiger partial charge in [0.05, 0.1) is 19.1 Å². The van der Waals surface area contributed by atoms with Crippen LogP contribution in [0.5, 0.6) is 5.88 Å². The predicted molar refractivity (Wildman–Crippen MR) is 51.5 cm³/mol. The first-order valence-electron chi connectivity index (χ1n) is 4.00. The minimum absolute atomic E-state index is 0.0397. The molecule has 0 aromatic carbocycles. The van der Waals surface area contributed by atoms with Crippen LogP contribution in [0.2, 0.25) is 0 Å². The maximum Gasteiger partial charge on any atom is 0.229 e. The number of primary amides is 1. The minimum atomic E-state index is -0.444. The van der Waals surface area contributed by atoms with Gasteiger partial charge in [-0.05, 0) is 12.1 Å². The Bertz CT molecular complexity index is 391. The first-order chi connectivity index (χ1) is 6.74. The zero-order valence-electron chi connectivity index (χ0n) is 7.78. The summed E-state index contributed by atoms with van der Waals surface area (Å²) in [6.45, 7) is 0. The van der Waals surface area contributed by atoms with Crippen molar-refractivity contribution in [3.05, 3.63) is 23.9 Å². The van der Waals surface area contributed by atoms with Gasteiger partial charge in [-0.15, -0.1) is 0 Å². The van der Waals surface area contributed by atoms with Gasteiger partial charge in [0.15, 0.2) is 0 Å². The van der Waals surface area contributed by atoms with E-state index in [9.17, 15) is 4.79 Å². The number of rotatable bonds is 2. The molecular weight excluding hydrogens is 180 g/mol. The van der Waals surface area contributed by atoms with Gasteiger partial charge in [-0.1, -0.05) is 11.8 Å². The lowest BCUT2D eigenvalue weighted by atomic mass is 10.2. The summed E-state index contributed by atoms with van der Waals surface area (Å²) in [5.74, 6) is 5.39. The van der Waals surface area contributed by atoms with Gasteiger partial charge in [0.25, 0.3) is 0 Å². The lowest BCUT2D eigenvalue weighted by Crippen LogP contribution is -2.08. The number of nitrogens with zero attached hydrogens (tertiary/aromatic N) is 1. The summed E-state index contributed by atoms with van der Waals surface area (Å²) in [5, 5.41) is 0. The van der Waals surface area contributed by atoms with Crippen molar-refractivity contribution in [2.45, 2.75) is 6.42 Å². The van der Waals surface area contributed by atoms with Crippen molar-refractivity contribution in [3.63, 3.8) is 0 Å². The molecule has 0 bridgehead atoms. The molecule has 2 N–H and O–H groups in total. The van der Waals surface area contributed by atoms with Crippen molar-refractivity contribution in [3.8, 4) is 17.7 Å². The maximum atomic E-state index is 10.4. The summed E-state index contributed by atoms with van der Waals surface area (Å²) < 4.78 is 4.97. The third kappa shape index (κ3) is 2.79. The van der Waals surface area contributed by atoms with Crippen molar-refractivity contribution in [1.29, 1.82) is 0 Å². The molecule has 0 saturated carbocycles. The third-order valence-corrected chi connectivity index (χ3v) is 1.45. The van der Waals surface area contributed by atoms with Crippen molar-refractivity contribution >= 4 is 5.91 Å². The normalized spacial score (nSPS) is 8.64. The van der Waals surface area contributed by atoms with E-state index in [1.165, 1.54) is 7.11 Å². The minimum Gasteiger partial charge on any atom is -0.480 e. The Kier molecular flexibility index (Phi) is 3.50. The average Bonchev–Trinajstić information content (AvgIpc) is 2.18. The Morgan fingerprint density at radius 1 is 1.71 bits per heavy atom. The second-order valence-corrected chi connectivity index (χ2v) is 2.51. The van der Waals surface area contributed by atoms with Crippen LogP contribution >= 0.6 is 0 Å². The molecule has 1 heterocycles. The summed E-state index contributed by atoms with van der Waals surface area (Å²) in [6.07, 6.45) is 1.65. The molecule has 0 aliphatic rings. The number of nitrogens with two attached hydrogens (primary N) is 1. The van der Waals surface area contributed by atoms with Crippen LogP contribution in [0.25, 0.3) is 0 Å². The summed E-state index contributed by atoms with van der Waals surface area (Å²) in [4.78, 5) is 14.4. The van der Waals surface area contributed by atoms with Crippen LogP contribution in [-0.2, 0) is 4.79 Å². The Morgan fingerprint density at radius 3 is 3.14 bits per heavy atom. The molecule has 0 aliphatic heterocycles. The van der Waals surface area contributed by atoms with Gasteiger partial charge in [0.2, 0.25) is 11.8 Å². The number of carbonyl (C=O) groups excluding carboxylic acids is 1. The summed E-state index contributed by atoms with van der Waals surface area (Å²) in [7, 11) is 1.52. The van der Waals surface area contributed by atoms with Gasteiger partial charge >= 0.3 is 0 Å². The van der Waals surface area contributed by atoms with E-state index in [0.29, 0.717) is 11.4 Å². The SMILES string of the molecule is COc1ncccc1C#CCC(N)=O. The summed E-state index contributed by atoms with van der Waals surface area (Å²) in [6, 6.07) is 3.51. The smallest absolute Gasteiger partial charge is 0.229 e. The maximum absolute atomic E-state index is 10.4. The van der Waals surface area contributed by atoms with Crippen LogP contribution in [0.3, 0.4) is 0 Å². The van der Waals surface area contributed by atoms with E-state index in [4.69, 9.17) is 10.5 Å². The molecule has 1 amide bonds. The van der Waals surface area contributed by atoms with Crippen LogP contribution in [0.1, 0.15) is 12.0 Å². The van der Waals surface area contributed by atoms with E-state index < -0.39 is 5.91 Å². The number of hydrogen-bond acceptors (Lipinski definition) is 3. The standard InChI is InChI=1S/C10H10N2O2/c1-14-10-8(5-3-7-12-10)4-2-6-9(11)13/h3,5,7H,6H2,1H3,(H2,11,13). The molecule has 0 spiro atoms. The molecule has 0 fully saturated rings. The molecule has 4 heteroatoms. The fourth-order valence-electron chi connectivity index (χ4n) is 0.875. The van der Waals surface area contributed by atoms with Crippen molar-refractivity contribution in [2.75, 3.05) is 7.11 Å². The van der Waals surface area contributed by atoms with Gasteiger partial charge in [0.1, 0.15) is 0 Å². The Labute approximate surface area is 82.1 Å². The molecule has 14 heavy (non-hydrogen) atoms. The highest BCUT2D eigenvalue weighted by Gasteiger charge is 1.98. The molecular formula is C10H10N2O2. The highest BCUT2D eigenvalue weighted by Crippen LogP contribution is 2.11. The lowest BCUT2D eigenvalue weighted by molar-refractivity contribution is -0.117. The van der Waals surface area contributed by atoms with E-state index in [2.05, 4.69) is 16.8 Å². The van der Waals surface area contributed by atoms with Crippen LogP contribution < -0.4 is 10.5 Å². The van der Waals surface area contributed by atoms with Crippen LogP contribution in [0.4, 0.5) is 0 Å². The molecule has 0 unspecified atom stereocenters.